The van der Waals surface area contributed by atoms with E-state index >= 15 is 0 Å². The fraction of sp³-hybridized carbons (Fsp3) is 0.786. The van der Waals surface area contributed by atoms with Crippen molar-refractivity contribution in [2.24, 2.45) is 0 Å². The van der Waals surface area contributed by atoms with Crippen molar-refractivity contribution in [3.8, 4) is 0 Å². The molecule has 116 valence electrons. The van der Waals surface area contributed by atoms with Gasteiger partial charge in [0, 0.05) is 28.6 Å². The van der Waals surface area contributed by atoms with Crippen LogP contribution in [0.5, 0.6) is 0 Å². The maximum atomic E-state index is 11.0. The summed E-state index contributed by atoms with van der Waals surface area (Å²) >= 11 is 0. The van der Waals surface area contributed by atoms with E-state index in [9.17, 15) is 4.79 Å². The van der Waals surface area contributed by atoms with Crippen LogP contribution >= 0.6 is 0 Å². The summed E-state index contributed by atoms with van der Waals surface area (Å²) in [7, 11) is 0. The van der Waals surface area contributed by atoms with E-state index in [1.54, 1.807) is 0 Å². The summed E-state index contributed by atoms with van der Waals surface area (Å²) in [5.74, 6) is -0.118. The molecule has 0 aromatic heterocycles. The standard InChI is InChI=1S/C14H26O5.Ti/c1-9(2)16-13(17-10(3)4)8-14(18-11(5)6)19-12(7)15;/h8-11,14H,1-7H3;. The van der Waals surface area contributed by atoms with Gasteiger partial charge < -0.3 is 18.9 Å². The molecule has 0 saturated heterocycles. The average molecular weight is 322 g/mol. The zero-order valence-corrected chi connectivity index (χ0v) is 15.0. The first kappa shape index (κ1) is 21.8. The van der Waals surface area contributed by atoms with E-state index in [-0.39, 0.29) is 40.0 Å². The minimum Gasteiger partial charge on any atom is -0.463 e. The maximum absolute atomic E-state index is 11.0. The summed E-state index contributed by atoms with van der Waals surface area (Å²) in [5, 5.41) is 0. The molecular formula is C14H26O5Ti. The first-order valence-corrected chi connectivity index (χ1v) is 6.58. The molecule has 0 aromatic rings. The van der Waals surface area contributed by atoms with Gasteiger partial charge >= 0.3 is 5.97 Å². The van der Waals surface area contributed by atoms with E-state index in [0.717, 1.165) is 0 Å². The maximum Gasteiger partial charge on any atom is 0.305 e. The van der Waals surface area contributed by atoms with Gasteiger partial charge in [-0.3, -0.25) is 4.79 Å². The van der Waals surface area contributed by atoms with E-state index in [1.165, 1.54) is 13.0 Å². The van der Waals surface area contributed by atoms with Crippen LogP contribution in [-0.2, 0) is 45.5 Å². The summed E-state index contributed by atoms with van der Waals surface area (Å²) in [4.78, 5) is 11.0. The number of rotatable bonds is 8. The van der Waals surface area contributed by atoms with Crippen molar-refractivity contribution < 1.29 is 45.5 Å². The van der Waals surface area contributed by atoms with Gasteiger partial charge in [0.05, 0.1) is 24.4 Å². The number of esters is 1. The first-order valence-electron chi connectivity index (χ1n) is 6.58. The Labute approximate surface area is 136 Å². The molecule has 0 rings (SSSR count). The molecule has 1 unspecified atom stereocenters. The Hall–Kier alpha value is -0.516. The Morgan fingerprint density at radius 1 is 0.850 bits per heavy atom. The molecule has 0 saturated carbocycles. The fourth-order valence-electron chi connectivity index (χ4n) is 1.21. The minimum absolute atomic E-state index is 0. The van der Waals surface area contributed by atoms with Gasteiger partial charge in [0.1, 0.15) is 0 Å². The first-order chi connectivity index (χ1) is 8.70. The molecule has 6 heteroatoms. The summed E-state index contributed by atoms with van der Waals surface area (Å²) in [6.45, 7) is 12.6. The van der Waals surface area contributed by atoms with Crippen molar-refractivity contribution in [3.63, 3.8) is 0 Å². The van der Waals surface area contributed by atoms with Gasteiger partial charge in [-0.05, 0) is 41.5 Å². The summed E-state index contributed by atoms with van der Waals surface area (Å²) in [6.07, 6.45) is 0.551. The van der Waals surface area contributed by atoms with Crippen LogP contribution in [0.2, 0.25) is 0 Å². The smallest absolute Gasteiger partial charge is 0.305 e. The van der Waals surface area contributed by atoms with Gasteiger partial charge in [-0.15, -0.1) is 0 Å². The second kappa shape index (κ2) is 11.2. The molecule has 0 N–H and O–H groups in total. The van der Waals surface area contributed by atoms with E-state index < -0.39 is 12.3 Å². The Bertz CT molecular complexity index is 288. The van der Waals surface area contributed by atoms with E-state index in [0.29, 0.717) is 5.95 Å². The molecule has 0 aliphatic carbocycles. The third-order valence-corrected chi connectivity index (χ3v) is 1.66. The Balaban J connectivity index is 0. The van der Waals surface area contributed by atoms with Crippen molar-refractivity contribution in [2.75, 3.05) is 0 Å². The second-order valence-corrected chi connectivity index (χ2v) is 4.98. The van der Waals surface area contributed by atoms with Gasteiger partial charge in [-0.1, -0.05) is 0 Å². The van der Waals surface area contributed by atoms with Crippen LogP contribution in [0.4, 0.5) is 0 Å². The molecule has 0 bridgehead atoms. The van der Waals surface area contributed by atoms with Crippen LogP contribution in [0, 0.1) is 0 Å². The molecule has 0 spiro atoms. The van der Waals surface area contributed by atoms with Gasteiger partial charge in [0.25, 0.3) is 5.95 Å². The molecule has 20 heavy (non-hydrogen) atoms. The van der Waals surface area contributed by atoms with Crippen molar-refractivity contribution in [2.45, 2.75) is 73.1 Å². The molecule has 0 aliphatic heterocycles. The zero-order chi connectivity index (χ0) is 15.0. The molecule has 0 fully saturated rings. The number of carbonyl (C=O) groups is 1. The molecule has 0 radical (unpaired) electrons. The van der Waals surface area contributed by atoms with Crippen molar-refractivity contribution >= 4 is 5.97 Å². The van der Waals surface area contributed by atoms with Crippen LogP contribution in [0.1, 0.15) is 48.5 Å². The molecule has 1 atom stereocenters. The SMILES string of the molecule is CC(=O)OC(C=C(OC(C)C)OC(C)C)OC(C)C.[Ti]. The Morgan fingerprint density at radius 2 is 1.30 bits per heavy atom. The number of carbonyl (C=O) groups excluding carboxylic acids is 1. The Kier molecular flexibility index (Phi) is 12.2. The average Bonchev–Trinajstić information content (AvgIpc) is 2.11. The fourth-order valence-corrected chi connectivity index (χ4v) is 1.21. The van der Waals surface area contributed by atoms with Crippen LogP contribution in [0.15, 0.2) is 12.0 Å². The largest absolute Gasteiger partial charge is 0.463 e. The van der Waals surface area contributed by atoms with Gasteiger partial charge in [-0.2, -0.15) is 0 Å². The zero-order valence-electron chi connectivity index (χ0n) is 13.4. The van der Waals surface area contributed by atoms with E-state index in [1.807, 2.05) is 41.5 Å². The molecule has 0 aliphatic rings. The molecule has 0 heterocycles. The number of ether oxygens (including phenoxy) is 4. The van der Waals surface area contributed by atoms with Crippen molar-refractivity contribution in [1.82, 2.24) is 0 Å². The van der Waals surface area contributed by atoms with Gasteiger partial charge in [0.15, 0.2) is 0 Å². The second-order valence-electron chi connectivity index (χ2n) is 4.98. The van der Waals surface area contributed by atoms with Crippen LogP contribution in [-0.4, -0.2) is 30.6 Å². The summed E-state index contributed by atoms with van der Waals surface area (Å²) in [5.41, 5.74) is 0. The predicted octanol–water partition coefficient (Wildman–Crippen LogP) is 2.99. The monoisotopic (exact) mass is 322 g/mol. The van der Waals surface area contributed by atoms with Crippen LogP contribution < -0.4 is 0 Å². The van der Waals surface area contributed by atoms with Crippen molar-refractivity contribution in [1.29, 1.82) is 0 Å². The molecule has 0 amide bonds. The predicted molar refractivity (Wildman–Crippen MR) is 72.3 cm³/mol. The van der Waals surface area contributed by atoms with Gasteiger partial charge in [0.2, 0.25) is 6.29 Å². The van der Waals surface area contributed by atoms with E-state index in [4.69, 9.17) is 18.9 Å². The minimum atomic E-state index is -0.815. The normalized spacial score (nSPS) is 11.9. The third-order valence-electron chi connectivity index (χ3n) is 1.66. The van der Waals surface area contributed by atoms with Crippen molar-refractivity contribution in [3.05, 3.63) is 12.0 Å². The quantitative estimate of drug-likeness (QED) is 0.298. The van der Waals surface area contributed by atoms with Gasteiger partial charge in [-0.25, -0.2) is 0 Å². The molecule has 5 nitrogen and oxygen atoms in total. The molecular weight excluding hydrogens is 296 g/mol. The Morgan fingerprint density at radius 3 is 1.60 bits per heavy atom. The number of hydrogen-bond donors (Lipinski definition) is 0. The summed E-state index contributed by atoms with van der Waals surface area (Å²) < 4.78 is 21.6. The number of hydrogen-bond acceptors (Lipinski definition) is 5. The topological polar surface area (TPSA) is 54.0 Å². The third kappa shape index (κ3) is 12.5. The van der Waals surface area contributed by atoms with E-state index in [2.05, 4.69) is 0 Å². The summed E-state index contributed by atoms with van der Waals surface area (Å²) in [6, 6.07) is 0. The molecule has 0 aromatic carbocycles. The van der Waals surface area contributed by atoms with Crippen LogP contribution in [0.25, 0.3) is 0 Å². The van der Waals surface area contributed by atoms with Crippen LogP contribution in [0.3, 0.4) is 0 Å².